The number of methoxy groups -OCH3 is 1. The first-order valence-corrected chi connectivity index (χ1v) is 11.3. The molecular weight excluding hydrogens is 486 g/mol. The van der Waals surface area contributed by atoms with Gasteiger partial charge in [-0.2, -0.15) is 5.10 Å². The van der Waals surface area contributed by atoms with Crippen LogP contribution in [-0.4, -0.2) is 34.2 Å². The van der Waals surface area contributed by atoms with Crippen molar-refractivity contribution in [3.05, 3.63) is 76.7 Å². The number of carbonyl (C=O) groups excluding carboxylic acids is 1. The number of rotatable bonds is 8. The zero-order chi connectivity index (χ0) is 22.4. The van der Waals surface area contributed by atoms with Gasteiger partial charge < -0.3 is 9.15 Å². The van der Waals surface area contributed by atoms with E-state index in [1.807, 2.05) is 6.92 Å². The summed E-state index contributed by atoms with van der Waals surface area (Å²) in [6.07, 6.45) is 2.80. The summed E-state index contributed by atoms with van der Waals surface area (Å²) in [7, 11) is -2.57. The Bertz CT molecular complexity index is 1180. The van der Waals surface area contributed by atoms with Gasteiger partial charge in [0.05, 0.1) is 34.6 Å². The number of benzene rings is 2. The third-order valence-electron chi connectivity index (χ3n) is 4.24. The summed E-state index contributed by atoms with van der Waals surface area (Å²) < 4.78 is 38.6. The van der Waals surface area contributed by atoms with Crippen molar-refractivity contribution in [2.75, 3.05) is 18.0 Å². The summed E-state index contributed by atoms with van der Waals surface area (Å²) in [5.74, 6) is 0.330. The molecular formula is C21H20BrN3O5S. The summed E-state index contributed by atoms with van der Waals surface area (Å²) >= 11 is 3.30. The van der Waals surface area contributed by atoms with Gasteiger partial charge in [0, 0.05) is 0 Å². The van der Waals surface area contributed by atoms with Crippen molar-refractivity contribution in [1.82, 2.24) is 5.43 Å². The average Bonchev–Trinajstić information content (AvgIpc) is 3.26. The van der Waals surface area contributed by atoms with Crippen molar-refractivity contribution >= 4 is 43.8 Å². The fourth-order valence-electron chi connectivity index (χ4n) is 2.66. The molecule has 0 unspecified atom stereocenters. The lowest BCUT2D eigenvalue weighted by atomic mass is 10.2. The molecule has 0 saturated heterocycles. The van der Waals surface area contributed by atoms with Crippen LogP contribution in [0.3, 0.4) is 0 Å². The Kier molecular flexibility index (Phi) is 7.13. The number of hydrogen-bond donors (Lipinski definition) is 1. The van der Waals surface area contributed by atoms with E-state index in [1.165, 1.54) is 37.8 Å². The first-order chi connectivity index (χ1) is 14.8. The van der Waals surface area contributed by atoms with E-state index < -0.39 is 22.5 Å². The van der Waals surface area contributed by atoms with Gasteiger partial charge in [-0.05, 0) is 65.3 Å². The summed E-state index contributed by atoms with van der Waals surface area (Å²) in [6, 6.07) is 14.6. The molecule has 0 fully saturated rings. The van der Waals surface area contributed by atoms with Gasteiger partial charge in [0.2, 0.25) is 0 Å². The molecule has 10 heteroatoms. The predicted octanol–water partition coefficient (Wildman–Crippen LogP) is 3.70. The van der Waals surface area contributed by atoms with E-state index in [4.69, 9.17) is 9.15 Å². The number of hydrogen-bond acceptors (Lipinski definition) is 6. The third-order valence-corrected chi connectivity index (χ3v) is 6.63. The second-order valence-electron chi connectivity index (χ2n) is 6.45. The first-order valence-electron chi connectivity index (χ1n) is 9.09. The van der Waals surface area contributed by atoms with Crippen LogP contribution in [0.1, 0.15) is 11.3 Å². The predicted molar refractivity (Wildman–Crippen MR) is 121 cm³/mol. The van der Waals surface area contributed by atoms with Gasteiger partial charge in [-0.15, -0.1) is 0 Å². The Morgan fingerprint density at radius 2 is 1.97 bits per heavy atom. The Balaban J connectivity index is 1.89. The molecule has 31 heavy (non-hydrogen) atoms. The minimum absolute atomic E-state index is 0.00707. The highest BCUT2D eigenvalue weighted by atomic mass is 79.9. The van der Waals surface area contributed by atoms with Gasteiger partial charge in [0.15, 0.2) is 0 Å². The number of ether oxygens (including phenoxy) is 1. The lowest BCUT2D eigenvalue weighted by molar-refractivity contribution is -0.119. The van der Waals surface area contributed by atoms with Crippen LogP contribution in [0.25, 0.3) is 0 Å². The molecule has 0 radical (unpaired) electrons. The number of furan rings is 1. The first kappa shape index (κ1) is 22.6. The summed E-state index contributed by atoms with van der Waals surface area (Å²) in [5.41, 5.74) is 3.63. The molecule has 0 spiro atoms. The molecule has 0 aliphatic rings. The second kappa shape index (κ2) is 9.80. The van der Waals surface area contributed by atoms with Crippen molar-refractivity contribution in [2.45, 2.75) is 11.8 Å². The molecule has 1 aromatic heterocycles. The molecule has 0 saturated carbocycles. The number of hydrazone groups is 1. The van der Waals surface area contributed by atoms with Crippen LogP contribution in [0.2, 0.25) is 0 Å². The number of amides is 1. The van der Waals surface area contributed by atoms with Gasteiger partial charge in [0.25, 0.3) is 15.9 Å². The summed E-state index contributed by atoms with van der Waals surface area (Å²) in [4.78, 5) is 12.5. The van der Waals surface area contributed by atoms with Gasteiger partial charge >= 0.3 is 0 Å². The van der Waals surface area contributed by atoms with E-state index in [2.05, 4.69) is 26.5 Å². The van der Waals surface area contributed by atoms with Crippen LogP contribution in [0.4, 0.5) is 5.69 Å². The topological polar surface area (TPSA) is 101 Å². The molecule has 0 bridgehead atoms. The maximum atomic E-state index is 13.4. The molecule has 2 aromatic carbocycles. The molecule has 0 aliphatic carbocycles. The quantitative estimate of drug-likeness (QED) is 0.371. The van der Waals surface area contributed by atoms with E-state index in [9.17, 15) is 13.2 Å². The van der Waals surface area contributed by atoms with Crippen molar-refractivity contribution in [1.29, 1.82) is 0 Å². The van der Waals surface area contributed by atoms with Gasteiger partial charge in [0.1, 0.15) is 18.1 Å². The molecule has 0 atom stereocenters. The van der Waals surface area contributed by atoms with Gasteiger partial charge in [-0.25, -0.2) is 13.8 Å². The molecule has 1 heterocycles. The number of carbonyl (C=O) groups is 1. The maximum Gasteiger partial charge on any atom is 0.264 e. The minimum atomic E-state index is -4.06. The highest BCUT2D eigenvalue weighted by Gasteiger charge is 2.28. The molecule has 162 valence electrons. The Labute approximate surface area is 188 Å². The molecule has 3 aromatic rings. The van der Waals surface area contributed by atoms with Crippen LogP contribution >= 0.6 is 15.9 Å². The SMILES string of the molecule is COc1ccc(S(=O)(=O)N(CC(=O)N/N=C/c2ccco2)c2ccc(C)cc2)cc1Br. The van der Waals surface area contributed by atoms with E-state index >= 15 is 0 Å². The monoisotopic (exact) mass is 505 g/mol. The van der Waals surface area contributed by atoms with Crippen LogP contribution in [0, 0.1) is 6.92 Å². The number of anilines is 1. The van der Waals surface area contributed by atoms with Crippen molar-refractivity contribution in [3.8, 4) is 5.75 Å². The molecule has 3 rings (SSSR count). The zero-order valence-corrected chi connectivity index (χ0v) is 19.2. The second-order valence-corrected chi connectivity index (χ2v) is 9.17. The molecule has 1 amide bonds. The third kappa shape index (κ3) is 5.53. The number of sulfonamides is 1. The fourth-order valence-corrected chi connectivity index (χ4v) is 4.80. The van der Waals surface area contributed by atoms with Crippen molar-refractivity contribution < 1.29 is 22.4 Å². The number of nitrogens with one attached hydrogen (secondary N) is 1. The van der Waals surface area contributed by atoms with E-state index in [0.717, 1.165) is 9.87 Å². The highest BCUT2D eigenvalue weighted by Crippen LogP contribution is 2.30. The summed E-state index contributed by atoms with van der Waals surface area (Å²) in [6.45, 7) is 1.42. The standard InChI is InChI=1S/C21H20BrN3O5S/c1-15-5-7-16(8-6-15)25(14-21(26)24-23-13-17-4-3-11-30-17)31(27,28)18-9-10-20(29-2)19(22)12-18/h3-13H,14H2,1-2H3,(H,24,26)/b23-13+. The summed E-state index contributed by atoms with van der Waals surface area (Å²) in [5, 5.41) is 3.80. The minimum Gasteiger partial charge on any atom is -0.496 e. The number of halogens is 1. The lowest BCUT2D eigenvalue weighted by Gasteiger charge is -2.24. The van der Waals surface area contributed by atoms with Crippen LogP contribution in [0.5, 0.6) is 5.75 Å². The van der Waals surface area contributed by atoms with Gasteiger partial charge in [-0.3, -0.25) is 9.10 Å². The Morgan fingerprint density at radius 3 is 2.58 bits per heavy atom. The average molecular weight is 506 g/mol. The normalized spacial score (nSPS) is 11.5. The Hall–Kier alpha value is -3.11. The molecule has 1 N–H and O–H groups in total. The van der Waals surface area contributed by atoms with E-state index in [0.29, 0.717) is 21.7 Å². The molecule has 0 aliphatic heterocycles. The van der Waals surface area contributed by atoms with Crippen LogP contribution in [-0.2, 0) is 14.8 Å². The van der Waals surface area contributed by atoms with Crippen LogP contribution < -0.4 is 14.5 Å². The van der Waals surface area contributed by atoms with E-state index in [-0.39, 0.29) is 4.90 Å². The molecule has 8 nitrogen and oxygen atoms in total. The van der Waals surface area contributed by atoms with Crippen molar-refractivity contribution in [3.63, 3.8) is 0 Å². The zero-order valence-electron chi connectivity index (χ0n) is 16.8. The maximum absolute atomic E-state index is 13.4. The van der Waals surface area contributed by atoms with Crippen LogP contribution in [0.15, 0.2) is 79.7 Å². The highest BCUT2D eigenvalue weighted by molar-refractivity contribution is 9.10. The smallest absolute Gasteiger partial charge is 0.264 e. The Morgan fingerprint density at radius 1 is 1.23 bits per heavy atom. The lowest BCUT2D eigenvalue weighted by Crippen LogP contribution is -2.39. The number of nitrogens with zero attached hydrogens (tertiary/aromatic N) is 2. The fraction of sp³-hybridized carbons (Fsp3) is 0.143. The number of aryl methyl sites for hydroxylation is 1. The van der Waals surface area contributed by atoms with Gasteiger partial charge in [-0.1, -0.05) is 17.7 Å². The van der Waals surface area contributed by atoms with E-state index in [1.54, 1.807) is 36.4 Å². The van der Waals surface area contributed by atoms with Crippen molar-refractivity contribution in [2.24, 2.45) is 5.10 Å². The largest absolute Gasteiger partial charge is 0.496 e.